The van der Waals surface area contributed by atoms with Gasteiger partial charge in [-0.1, -0.05) is 6.07 Å². The summed E-state index contributed by atoms with van der Waals surface area (Å²) in [5.41, 5.74) is 0.882. The molecule has 0 aliphatic carbocycles. The summed E-state index contributed by atoms with van der Waals surface area (Å²) in [4.78, 5) is 15.5. The molecular formula is C13H10N2O3. The number of carbonyl (C=O) groups is 1. The first-order valence-electron chi connectivity index (χ1n) is 5.43. The van der Waals surface area contributed by atoms with Gasteiger partial charge in [0.25, 0.3) is 5.91 Å². The summed E-state index contributed by atoms with van der Waals surface area (Å²) < 4.78 is 11.9. The molecule has 1 aliphatic heterocycles. The fraction of sp³-hybridized carbons (Fsp3) is 0.0769. The smallest absolute Gasteiger partial charge is 0.255 e. The molecule has 0 fully saturated rings. The standard InChI is InChI=1S/C13H10N2O3/c16-13(15-6-5-14-8-15)4-2-10-1-3-11-12(7-10)18-9-17-11/h1-8H,9H2/b4-2+. The van der Waals surface area contributed by atoms with E-state index in [1.807, 2.05) is 18.2 Å². The van der Waals surface area contributed by atoms with Crippen LogP contribution in [0.5, 0.6) is 11.5 Å². The lowest BCUT2D eigenvalue weighted by Gasteiger charge is -1.98. The molecule has 0 saturated carbocycles. The van der Waals surface area contributed by atoms with Crippen LogP contribution >= 0.6 is 0 Å². The van der Waals surface area contributed by atoms with Crippen molar-refractivity contribution in [2.75, 3.05) is 6.79 Å². The first-order chi connectivity index (χ1) is 8.83. The van der Waals surface area contributed by atoms with Gasteiger partial charge in [-0.05, 0) is 23.8 Å². The Labute approximate surface area is 103 Å². The lowest BCUT2D eigenvalue weighted by atomic mass is 10.2. The number of benzene rings is 1. The number of aromatic nitrogens is 2. The van der Waals surface area contributed by atoms with E-state index in [1.165, 1.54) is 17.0 Å². The monoisotopic (exact) mass is 242 g/mol. The zero-order chi connectivity index (χ0) is 12.4. The minimum Gasteiger partial charge on any atom is -0.454 e. The molecule has 0 spiro atoms. The molecule has 0 unspecified atom stereocenters. The fourth-order valence-corrected chi connectivity index (χ4v) is 1.66. The van der Waals surface area contributed by atoms with Crippen molar-refractivity contribution in [1.82, 2.24) is 9.55 Å². The summed E-state index contributed by atoms with van der Waals surface area (Å²) in [5, 5.41) is 0. The minimum atomic E-state index is -0.148. The van der Waals surface area contributed by atoms with E-state index in [9.17, 15) is 4.79 Å². The van der Waals surface area contributed by atoms with Gasteiger partial charge in [0.15, 0.2) is 11.5 Å². The van der Waals surface area contributed by atoms with Gasteiger partial charge in [0.1, 0.15) is 6.33 Å². The first-order valence-corrected chi connectivity index (χ1v) is 5.43. The van der Waals surface area contributed by atoms with Crippen molar-refractivity contribution >= 4 is 12.0 Å². The molecule has 5 nitrogen and oxygen atoms in total. The highest BCUT2D eigenvalue weighted by atomic mass is 16.7. The second kappa shape index (κ2) is 4.37. The summed E-state index contributed by atoms with van der Waals surface area (Å²) in [6.45, 7) is 0.246. The summed E-state index contributed by atoms with van der Waals surface area (Å²) in [6, 6.07) is 5.52. The van der Waals surface area contributed by atoms with E-state index in [0.29, 0.717) is 5.75 Å². The van der Waals surface area contributed by atoms with Crippen molar-refractivity contribution in [3.05, 3.63) is 48.6 Å². The quantitative estimate of drug-likeness (QED) is 0.755. The van der Waals surface area contributed by atoms with Gasteiger partial charge in [0.05, 0.1) is 0 Å². The highest BCUT2D eigenvalue weighted by Crippen LogP contribution is 2.32. The maximum Gasteiger partial charge on any atom is 0.255 e. The number of imidazole rings is 1. The number of fused-ring (bicyclic) bond motifs is 1. The van der Waals surface area contributed by atoms with Gasteiger partial charge >= 0.3 is 0 Å². The zero-order valence-electron chi connectivity index (χ0n) is 9.45. The van der Waals surface area contributed by atoms with Crippen LogP contribution in [0.4, 0.5) is 0 Å². The Balaban J connectivity index is 1.78. The highest BCUT2D eigenvalue weighted by molar-refractivity contribution is 5.93. The van der Waals surface area contributed by atoms with Crippen LogP contribution in [0.25, 0.3) is 6.08 Å². The van der Waals surface area contributed by atoms with Crippen LogP contribution in [0.15, 0.2) is 43.0 Å². The van der Waals surface area contributed by atoms with Crippen molar-refractivity contribution < 1.29 is 14.3 Å². The number of allylic oxidation sites excluding steroid dienone is 1. The second-order valence-electron chi connectivity index (χ2n) is 3.75. The third kappa shape index (κ3) is 1.98. The molecule has 1 aromatic carbocycles. The topological polar surface area (TPSA) is 53.4 Å². The molecule has 18 heavy (non-hydrogen) atoms. The van der Waals surface area contributed by atoms with Crippen LogP contribution in [0.3, 0.4) is 0 Å². The Morgan fingerprint density at radius 1 is 1.33 bits per heavy atom. The molecule has 2 aromatic rings. The van der Waals surface area contributed by atoms with Gasteiger partial charge in [-0.3, -0.25) is 9.36 Å². The van der Waals surface area contributed by atoms with Crippen molar-refractivity contribution in [2.24, 2.45) is 0 Å². The normalized spacial score (nSPS) is 13.1. The van der Waals surface area contributed by atoms with Crippen LogP contribution in [-0.4, -0.2) is 22.3 Å². The average Bonchev–Trinajstić information content (AvgIpc) is 3.05. The number of hydrogen-bond acceptors (Lipinski definition) is 4. The molecule has 0 atom stereocenters. The largest absolute Gasteiger partial charge is 0.454 e. The van der Waals surface area contributed by atoms with Gasteiger partial charge in [-0.25, -0.2) is 4.98 Å². The van der Waals surface area contributed by atoms with Gasteiger partial charge in [0.2, 0.25) is 6.79 Å². The number of carbonyl (C=O) groups excluding carboxylic acids is 1. The first kappa shape index (κ1) is 10.6. The Morgan fingerprint density at radius 3 is 3.06 bits per heavy atom. The van der Waals surface area contributed by atoms with Gasteiger partial charge in [-0.15, -0.1) is 0 Å². The van der Waals surface area contributed by atoms with Crippen molar-refractivity contribution in [3.8, 4) is 11.5 Å². The van der Waals surface area contributed by atoms with E-state index in [0.717, 1.165) is 11.3 Å². The minimum absolute atomic E-state index is 0.148. The van der Waals surface area contributed by atoms with Gasteiger partial charge in [0, 0.05) is 18.5 Å². The summed E-state index contributed by atoms with van der Waals surface area (Å²) in [7, 11) is 0. The molecule has 0 radical (unpaired) electrons. The maximum absolute atomic E-state index is 11.7. The third-order valence-electron chi connectivity index (χ3n) is 2.57. The SMILES string of the molecule is O=C(/C=C/c1ccc2c(c1)OCO2)n1ccnc1. The van der Waals surface area contributed by atoms with E-state index >= 15 is 0 Å². The van der Waals surface area contributed by atoms with E-state index in [2.05, 4.69) is 4.98 Å². The van der Waals surface area contributed by atoms with Crippen LogP contribution in [-0.2, 0) is 0 Å². The van der Waals surface area contributed by atoms with Crippen molar-refractivity contribution in [2.45, 2.75) is 0 Å². The molecular weight excluding hydrogens is 232 g/mol. The molecule has 1 aliphatic rings. The van der Waals surface area contributed by atoms with E-state index < -0.39 is 0 Å². The Kier molecular flexibility index (Phi) is 2.57. The Hall–Kier alpha value is -2.56. The third-order valence-corrected chi connectivity index (χ3v) is 2.57. The van der Waals surface area contributed by atoms with E-state index in [4.69, 9.17) is 9.47 Å². The zero-order valence-corrected chi connectivity index (χ0v) is 9.45. The molecule has 3 rings (SSSR count). The van der Waals surface area contributed by atoms with Gasteiger partial charge < -0.3 is 9.47 Å². The van der Waals surface area contributed by atoms with Crippen LogP contribution in [0, 0.1) is 0 Å². The lowest BCUT2D eigenvalue weighted by Crippen LogP contribution is -2.03. The summed E-state index contributed by atoms with van der Waals surface area (Å²) in [5.74, 6) is 1.28. The Bertz CT molecular complexity index is 603. The average molecular weight is 242 g/mol. The molecule has 2 heterocycles. The summed E-state index contributed by atoms with van der Waals surface area (Å²) in [6.07, 6.45) is 7.84. The number of nitrogens with zero attached hydrogens (tertiary/aromatic N) is 2. The predicted octanol–water partition coefficient (Wildman–Crippen LogP) is 1.97. The molecule has 0 N–H and O–H groups in total. The van der Waals surface area contributed by atoms with Crippen LogP contribution in [0.2, 0.25) is 0 Å². The molecule has 0 bridgehead atoms. The maximum atomic E-state index is 11.7. The molecule has 0 amide bonds. The molecule has 5 heteroatoms. The lowest BCUT2D eigenvalue weighted by molar-refractivity contribution is 0.0969. The molecule has 1 aromatic heterocycles. The van der Waals surface area contributed by atoms with E-state index in [1.54, 1.807) is 18.5 Å². The van der Waals surface area contributed by atoms with Crippen molar-refractivity contribution in [3.63, 3.8) is 0 Å². The van der Waals surface area contributed by atoms with Gasteiger partial charge in [-0.2, -0.15) is 0 Å². The number of hydrogen-bond donors (Lipinski definition) is 0. The molecule has 90 valence electrons. The summed E-state index contributed by atoms with van der Waals surface area (Å²) >= 11 is 0. The predicted molar refractivity (Wildman–Crippen MR) is 64.5 cm³/mol. The molecule has 0 saturated heterocycles. The Morgan fingerprint density at radius 2 is 2.22 bits per heavy atom. The highest BCUT2D eigenvalue weighted by Gasteiger charge is 2.12. The van der Waals surface area contributed by atoms with Crippen LogP contribution < -0.4 is 9.47 Å². The van der Waals surface area contributed by atoms with Crippen molar-refractivity contribution in [1.29, 1.82) is 0 Å². The fourth-order valence-electron chi connectivity index (χ4n) is 1.66. The van der Waals surface area contributed by atoms with E-state index in [-0.39, 0.29) is 12.7 Å². The second-order valence-corrected chi connectivity index (χ2v) is 3.75. The number of ether oxygens (including phenoxy) is 2. The van der Waals surface area contributed by atoms with Crippen LogP contribution in [0.1, 0.15) is 10.4 Å². The number of rotatable bonds is 2.